The third kappa shape index (κ3) is 2.12. The molecule has 2 heterocycles. The van der Waals surface area contributed by atoms with E-state index in [1.807, 2.05) is 0 Å². The lowest BCUT2D eigenvalue weighted by atomic mass is 10.0. The highest BCUT2D eigenvalue weighted by molar-refractivity contribution is 5.74. The molecule has 0 unspecified atom stereocenters. The van der Waals surface area contributed by atoms with E-state index < -0.39 is 0 Å². The van der Waals surface area contributed by atoms with Gasteiger partial charge in [-0.15, -0.1) is 0 Å². The second-order valence-electron chi connectivity index (χ2n) is 4.63. The van der Waals surface area contributed by atoms with Gasteiger partial charge in [-0.05, 0) is 24.3 Å². The summed E-state index contributed by atoms with van der Waals surface area (Å²) in [6, 6.07) is 6.08. The van der Waals surface area contributed by atoms with Gasteiger partial charge >= 0.3 is 0 Å². The second kappa shape index (κ2) is 4.50. The first-order valence-corrected chi connectivity index (χ1v) is 6.14. The second-order valence-corrected chi connectivity index (χ2v) is 4.63. The molecule has 1 aromatic carbocycles. The highest BCUT2D eigenvalue weighted by Gasteiger charge is 2.25. The van der Waals surface area contributed by atoms with Crippen LogP contribution in [0.15, 0.2) is 28.8 Å². The number of carbonyl (C=O) groups is 1. The monoisotopic (exact) mass is 260 g/mol. The molecular formula is C14H13FN2O2. The predicted molar refractivity (Wildman–Crippen MR) is 66.7 cm³/mol. The fourth-order valence-electron chi connectivity index (χ4n) is 2.31. The lowest BCUT2D eigenvalue weighted by molar-refractivity contribution is -0.129. The maximum atomic E-state index is 12.9. The summed E-state index contributed by atoms with van der Waals surface area (Å²) in [5.41, 5.74) is 2.59. The van der Waals surface area contributed by atoms with Gasteiger partial charge in [0.1, 0.15) is 5.82 Å². The molecule has 0 N–H and O–H groups in total. The summed E-state index contributed by atoms with van der Waals surface area (Å²) in [6.45, 7) is 2.72. The highest BCUT2D eigenvalue weighted by atomic mass is 19.1. The maximum absolute atomic E-state index is 12.9. The number of rotatable bonds is 1. The Morgan fingerprint density at radius 1 is 1.37 bits per heavy atom. The molecule has 0 radical (unpaired) electrons. The number of benzene rings is 1. The van der Waals surface area contributed by atoms with E-state index in [0.29, 0.717) is 25.3 Å². The van der Waals surface area contributed by atoms with Crippen molar-refractivity contribution in [2.45, 2.75) is 19.9 Å². The summed E-state index contributed by atoms with van der Waals surface area (Å²) in [4.78, 5) is 13.2. The van der Waals surface area contributed by atoms with Gasteiger partial charge in [0.25, 0.3) is 0 Å². The normalized spacial score (nSPS) is 14.3. The maximum Gasteiger partial charge on any atom is 0.219 e. The Kier molecular flexibility index (Phi) is 2.81. The summed E-state index contributed by atoms with van der Waals surface area (Å²) in [5.74, 6) is 0.375. The van der Waals surface area contributed by atoms with E-state index in [1.54, 1.807) is 24.0 Å². The van der Waals surface area contributed by atoms with Crippen LogP contribution >= 0.6 is 0 Å². The zero-order valence-electron chi connectivity index (χ0n) is 10.5. The lowest BCUT2D eigenvalue weighted by Crippen LogP contribution is -2.34. The van der Waals surface area contributed by atoms with E-state index in [-0.39, 0.29) is 11.7 Å². The lowest BCUT2D eigenvalue weighted by Gasteiger charge is -2.24. The Hall–Kier alpha value is -2.17. The highest BCUT2D eigenvalue weighted by Crippen LogP contribution is 2.30. The number of amides is 1. The quantitative estimate of drug-likeness (QED) is 0.791. The van der Waals surface area contributed by atoms with Crippen LogP contribution in [0.5, 0.6) is 0 Å². The molecule has 1 amide bonds. The first kappa shape index (κ1) is 11.9. The van der Waals surface area contributed by atoms with E-state index in [4.69, 9.17) is 4.52 Å². The number of hydrogen-bond acceptors (Lipinski definition) is 3. The average molecular weight is 260 g/mol. The Morgan fingerprint density at radius 2 is 2.11 bits per heavy atom. The van der Waals surface area contributed by atoms with E-state index in [2.05, 4.69) is 5.16 Å². The van der Waals surface area contributed by atoms with Crippen LogP contribution < -0.4 is 0 Å². The molecule has 1 aromatic heterocycles. The van der Waals surface area contributed by atoms with Gasteiger partial charge in [-0.3, -0.25) is 4.79 Å². The van der Waals surface area contributed by atoms with Crippen molar-refractivity contribution in [2.24, 2.45) is 0 Å². The van der Waals surface area contributed by atoms with Gasteiger partial charge in [-0.1, -0.05) is 5.16 Å². The van der Waals surface area contributed by atoms with Crippen molar-refractivity contribution in [1.82, 2.24) is 10.1 Å². The number of nitrogens with zero attached hydrogens (tertiary/aromatic N) is 2. The van der Waals surface area contributed by atoms with Crippen LogP contribution in [0, 0.1) is 5.82 Å². The van der Waals surface area contributed by atoms with Crippen LogP contribution in [-0.4, -0.2) is 22.5 Å². The predicted octanol–water partition coefficient (Wildman–Crippen LogP) is 2.39. The summed E-state index contributed by atoms with van der Waals surface area (Å²) >= 11 is 0. The first-order valence-electron chi connectivity index (χ1n) is 6.14. The minimum atomic E-state index is -0.289. The largest absolute Gasteiger partial charge is 0.356 e. The smallest absolute Gasteiger partial charge is 0.219 e. The Labute approximate surface area is 109 Å². The van der Waals surface area contributed by atoms with Crippen molar-refractivity contribution in [1.29, 1.82) is 0 Å². The Bertz CT molecular complexity index is 619. The van der Waals surface area contributed by atoms with E-state index in [1.165, 1.54) is 12.1 Å². The van der Waals surface area contributed by atoms with Crippen molar-refractivity contribution < 1.29 is 13.7 Å². The van der Waals surface area contributed by atoms with Gasteiger partial charge in [0.2, 0.25) is 5.91 Å². The molecule has 0 bridgehead atoms. The van der Waals surface area contributed by atoms with Crippen molar-refractivity contribution >= 4 is 5.91 Å². The van der Waals surface area contributed by atoms with E-state index in [0.717, 1.165) is 16.8 Å². The van der Waals surface area contributed by atoms with Gasteiger partial charge in [0, 0.05) is 31.0 Å². The van der Waals surface area contributed by atoms with Crippen LogP contribution in [0.3, 0.4) is 0 Å². The van der Waals surface area contributed by atoms with Gasteiger partial charge in [0.05, 0.1) is 12.2 Å². The van der Waals surface area contributed by atoms with Gasteiger partial charge in [-0.2, -0.15) is 0 Å². The number of aromatic nitrogens is 1. The topological polar surface area (TPSA) is 46.3 Å². The molecule has 3 rings (SSSR count). The molecule has 1 aliphatic rings. The average Bonchev–Trinajstić information content (AvgIpc) is 2.82. The molecule has 2 aromatic rings. The first-order chi connectivity index (χ1) is 9.15. The molecule has 5 heteroatoms. The van der Waals surface area contributed by atoms with Crippen LogP contribution in [0.2, 0.25) is 0 Å². The summed E-state index contributed by atoms with van der Waals surface area (Å²) < 4.78 is 18.3. The van der Waals surface area contributed by atoms with Crippen molar-refractivity contribution in [2.75, 3.05) is 6.54 Å². The molecule has 0 fully saturated rings. The number of fused-ring (bicyclic) bond motifs is 1. The molecule has 0 saturated heterocycles. The van der Waals surface area contributed by atoms with Gasteiger partial charge < -0.3 is 9.42 Å². The van der Waals surface area contributed by atoms with E-state index >= 15 is 0 Å². The minimum Gasteiger partial charge on any atom is -0.356 e. The fraction of sp³-hybridized carbons (Fsp3) is 0.286. The molecular weight excluding hydrogens is 247 g/mol. The molecule has 1 aliphatic heterocycles. The van der Waals surface area contributed by atoms with Gasteiger partial charge in [-0.25, -0.2) is 4.39 Å². The third-order valence-corrected chi connectivity index (χ3v) is 3.39. The van der Waals surface area contributed by atoms with Crippen molar-refractivity contribution in [3.8, 4) is 11.3 Å². The van der Waals surface area contributed by atoms with Crippen molar-refractivity contribution in [3.05, 3.63) is 41.3 Å². The molecule has 0 atom stereocenters. The standard InChI is InChI=1S/C14H13FN2O2/c1-9(18)17-7-6-13-12(8-17)14(19-16-13)10-2-4-11(15)5-3-10/h2-5H,6-8H2,1H3. The third-order valence-electron chi connectivity index (χ3n) is 3.39. The zero-order chi connectivity index (χ0) is 13.4. The van der Waals surface area contributed by atoms with Crippen LogP contribution in [0.1, 0.15) is 18.2 Å². The van der Waals surface area contributed by atoms with E-state index in [9.17, 15) is 9.18 Å². The molecule has 98 valence electrons. The summed E-state index contributed by atoms with van der Waals surface area (Å²) in [5, 5.41) is 4.04. The zero-order valence-corrected chi connectivity index (χ0v) is 10.5. The van der Waals surface area contributed by atoms with Crippen LogP contribution in [0.25, 0.3) is 11.3 Å². The Balaban J connectivity index is 1.99. The molecule has 0 saturated carbocycles. The van der Waals surface area contributed by atoms with Crippen molar-refractivity contribution in [3.63, 3.8) is 0 Å². The number of hydrogen-bond donors (Lipinski definition) is 0. The SMILES string of the molecule is CC(=O)N1CCc2noc(-c3ccc(F)cc3)c2C1. The van der Waals surface area contributed by atoms with Crippen LogP contribution in [-0.2, 0) is 17.8 Å². The molecule has 0 spiro atoms. The minimum absolute atomic E-state index is 0.0388. The molecule has 4 nitrogen and oxygen atoms in total. The molecule has 0 aliphatic carbocycles. The Morgan fingerprint density at radius 3 is 2.79 bits per heavy atom. The fourth-order valence-corrected chi connectivity index (χ4v) is 2.31. The van der Waals surface area contributed by atoms with Crippen LogP contribution in [0.4, 0.5) is 4.39 Å². The summed E-state index contributed by atoms with van der Waals surface area (Å²) in [7, 11) is 0. The number of halogens is 1. The molecule has 19 heavy (non-hydrogen) atoms. The summed E-state index contributed by atoms with van der Waals surface area (Å²) in [6.07, 6.45) is 0.694. The number of carbonyl (C=O) groups excluding carboxylic acids is 1. The van der Waals surface area contributed by atoms with Gasteiger partial charge in [0.15, 0.2) is 5.76 Å².